The second kappa shape index (κ2) is 3.96. The van der Waals surface area contributed by atoms with Crippen LogP contribution in [0.4, 0.5) is 0 Å². The molecule has 1 aromatic rings. The average Bonchev–Trinajstić information content (AvgIpc) is 2.89. The van der Waals surface area contributed by atoms with Crippen molar-refractivity contribution in [1.29, 1.82) is 0 Å². The Hall–Kier alpha value is -1.46. The quantitative estimate of drug-likeness (QED) is 0.734. The Labute approximate surface area is 87.4 Å². The van der Waals surface area contributed by atoms with Gasteiger partial charge < -0.3 is 4.74 Å². The van der Waals surface area contributed by atoms with E-state index in [9.17, 15) is 4.79 Å². The van der Waals surface area contributed by atoms with Gasteiger partial charge in [-0.25, -0.2) is 0 Å². The monoisotopic (exact) mass is 210 g/mol. The maximum atomic E-state index is 11.8. The molecule has 2 rings (SSSR count). The Morgan fingerprint density at radius 1 is 1.53 bits per heavy atom. The Morgan fingerprint density at radius 3 is 2.80 bits per heavy atom. The summed E-state index contributed by atoms with van der Waals surface area (Å²) >= 11 is 0. The van der Waals surface area contributed by atoms with Crippen molar-refractivity contribution in [3.05, 3.63) is 5.82 Å². The van der Waals surface area contributed by atoms with Crippen LogP contribution in [0.2, 0.25) is 0 Å². The molecule has 6 nitrogen and oxygen atoms in total. The minimum Gasteiger partial charge on any atom is -0.469 e. The van der Waals surface area contributed by atoms with Gasteiger partial charge in [-0.05, 0) is 12.8 Å². The number of carbonyl (C=O) groups is 1. The molecule has 6 heteroatoms. The Kier molecular flexibility index (Phi) is 2.66. The van der Waals surface area contributed by atoms with E-state index in [0.717, 1.165) is 25.7 Å². The van der Waals surface area contributed by atoms with Crippen LogP contribution < -0.4 is 0 Å². The van der Waals surface area contributed by atoms with Crippen LogP contribution >= 0.6 is 0 Å². The second-order valence-electron chi connectivity index (χ2n) is 3.98. The number of ether oxygens (including phenoxy) is 1. The number of H-pyrrole nitrogens is 1. The summed E-state index contributed by atoms with van der Waals surface area (Å²) < 4.78 is 4.86. The molecule has 1 N–H and O–H groups in total. The third-order valence-electron chi connectivity index (χ3n) is 3.06. The van der Waals surface area contributed by atoms with Crippen LogP contribution in [0.3, 0.4) is 0 Å². The van der Waals surface area contributed by atoms with Gasteiger partial charge in [0.2, 0.25) is 0 Å². The number of hydrogen-bond donors (Lipinski definition) is 1. The number of aromatic amines is 1. The molecular formula is C9H14N4O2. The topological polar surface area (TPSA) is 80.8 Å². The molecular weight excluding hydrogens is 196 g/mol. The molecule has 1 heterocycles. The van der Waals surface area contributed by atoms with Crippen molar-refractivity contribution >= 4 is 5.97 Å². The second-order valence-corrected chi connectivity index (χ2v) is 3.98. The third-order valence-corrected chi connectivity index (χ3v) is 3.06. The summed E-state index contributed by atoms with van der Waals surface area (Å²) in [6.07, 6.45) is 4.36. The maximum Gasteiger partial charge on any atom is 0.312 e. The summed E-state index contributed by atoms with van der Waals surface area (Å²) in [5.41, 5.74) is -0.418. The van der Waals surface area contributed by atoms with Crippen molar-refractivity contribution in [3.8, 4) is 0 Å². The molecule has 0 bridgehead atoms. The smallest absolute Gasteiger partial charge is 0.312 e. The van der Waals surface area contributed by atoms with Crippen molar-refractivity contribution in [1.82, 2.24) is 20.6 Å². The van der Waals surface area contributed by atoms with Gasteiger partial charge in [0, 0.05) is 6.42 Å². The highest BCUT2D eigenvalue weighted by atomic mass is 16.5. The van der Waals surface area contributed by atoms with E-state index in [1.807, 2.05) is 0 Å². The zero-order chi connectivity index (χ0) is 10.7. The van der Waals surface area contributed by atoms with Gasteiger partial charge in [-0.3, -0.25) is 4.79 Å². The van der Waals surface area contributed by atoms with Gasteiger partial charge in [0.25, 0.3) is 0 Å². The molecule has 0 radical (unpaired) electrons. The first kappa shape index (κ1) is 10.1. The molecule has 15 heavy (non-hydrogen) atoms. The van der Waals surface area contributed by atoms with E-state index in [1.165, 1.54) is 7.11 Å². The molecule has 0 unspecified atom stereocenters. The molecule has 0 aliphatic heterocycles. The summed E-state index contributed by atoms with van der Waals surface area (Å²) in [6.45, 7) is 0. The molecule has 0 atom stereocenters. The largest absolute Gasteiger partial charge is 0.469 e. The number of carbonyl (C=O) groups excluding carboxylic acids is 1. The van der Waals surface area contributed by atoms with E-state index in [-0.39, 0.29) is 5.97 Å². The lowest BCUT2D eigenvalue weighted by Crippen LogP contribution is -2.32. The van der Waals surface area contributed by atoms with Gasteiger partial charge in [-0.15, -0.1) is 10.2 Å². The number of esters is 1. The lowest BCUT2D eigenvalue weighted by molar-refractivity contribution is -0.152. The summed E-state index contributed by atoms with van der Waals surface area (Å²) in [4.78, 5) is 11.8. The number of aromatic nitrogens is 4. The van der Waals surface area contributed by atoms with Gasteiger partial charge in [0.1, 0.15) is 0 Å². The van der Waals surface area contributed by atoms with Crippen LogP contribution in [0.25, 0.3) is 0 Å². The zero-order valence-electron chi connectivity index (χ0n) is 8.69. The Bertz CT molecular complexity index is 330. The summed E-state index contributed by atoms with van der Waals surface area (Å²) in [6, 6.07) is 0. The molecule has 1 aliphatic carbocycles. The molecule has 1 fully saturated rings. The minimum absolute atomic E-state index is 0.148. The van der Waals surface area contributed by atoms with Crippen molar-refractivity contribution in [3.63, 3.8) is 0 Å². The first-order valence-corrected chi connectivity index (χ1v) is 5.08. The third kappa shape index (κ3) is 1.84. The highest BCUT2D eigenvalue weighted by Crippen LogP contribution is 2.41. The van der Waals surface area contributed by atoms with Crippen molar-refractivity contribution in [2.45, 2.75) is 32.1 Å². The predicted molar refractivity (Wildman–Crippen MR) is 50.8 cm³/mol. The molecule has 82 valence electrons. The summed E-state index contributed by atoms with van der Waals surface area (Å²) in [7, 11) is 1.43. The van der Waals surface area contributed by atoms with E-state index in [0.29, 0.717) is 12.2 Å². The predicted octanol–water partition coefficient (Wildman–Crippen LogP) is 0.476. The number of nitrogens with zero attached hydrogens (tertiary/aromatic N) is 3. The van der Waals surface area contributed by atoms with E-state index in [1.54, 1.807) is 0 Å². The van der Waals surface area contributed by atoms with E-state index in [4.69, 9.17) is 4.74 Å². The van der Waals surface area contributed by atoms with Crippen LogP contribution in [0, 0.1) is 5.41 Å². The number of hydrogen-bond acceptors (Lipinski definition) is 5. The number of tetrazole rings is 1. The maximum absolute atomic E-state index is 11.8. The highest BCUT2D eigenvalue weighted by molar-refractivity contribution is 5.77. The first-order chi connectivity index (χ1) is 7.27. The lowest BCUT2D eigenvalue weighted by atomic mass is 9.82. The van der Waals surface area contributed by atoms with Gasteiger partial charge in [-0.1, -0.05) is 18.1 Å². The van der Waals surface area contributed by atoms with Crippen LogP contribution in [-0.4, -0.2) is 33.7 Å². The molecule has 0 amide bonds. The van der Waals surface area contributed by atoms with Crippen molar-refractivity contribution < 1.29 is 9.53 Å². The van der Waals surface area contributed by atoms with E-state index < -0.39 is 5.41 Å². The fourth-order valence-corrected chi connectivity index (χ4v) is 2.28. The van der Waals surface area contributed by atoms with Gasteiger partial charge >= 0.3 is 5.97 Å². The van der Waals surface area contributed by atoms with Crippen molar-refractivity contribution in [2.24, 2.45) is 5.41 Å². The van der Waals surface area contributed by atoms with Crippen molar-refractivity contribution in [2.75, 3.05) is 7.11 Å². The molecule has 1 saturated carbocycles. The summed E-state index contributed by atoms with van der Waals surface area (Å²) in [5, 5.41) is 13.7. The zero-order valence-corrected chi connectivity index (χ0v) is 8.69. The lowest BCUT2D eigenvalue weighted by Gasteiger charge is -2.23. The average molecular weight is 210 g/mol. The van der Waals surface area contributed by atoms with E-state index >= 15 is 0 Å². The fourth-order valence-electron chi connectivity index (χ4n) is 2.28. The van der Waals surface area contributed by atoms with Gasteiger partial charge in [0.15, 0.2) is 5.82 Å². The molecule has 0 spiro atoms. The number of methoxy groups -OCH3 is 1. The summed E-state index contributed by atoms with van der Waals surface area (Å²) in [5.74, 6) is 0.437. The Morgan fingerprint density at radius 2 is 2.27 bits per heavy atom. The van der Waals surface area contributed by atoms with Crippen LogP contribution in [0.15, 0.2) is 0 Å². The van der Waals surface area contributed by atoms with Crippen LogP contribution in [0.1, 0.15) is 31.5 Å². The Balaban J connectivity index is 2.16. The minimum atomic E-state index is -0.418. The molecule has 1 aromatic heterocycles. The number of rotatable bonds is 3. The normalized spacial score (nSPS) is 19.0. The van der Waals surface area contributed by atoms with Gasteiger partial charge in [-0.2, -0.15) is 5.21 Å². The highest BCUT2D eigenvalue weighted by Gasteiger charge is 2.43. The molecule has 0 aromatic carbocycles. The number of nitrogens with one attached hydrogen (secondary N) is 1. The van der Waals surface area contributed by atoms with Crippen LogP contribution in [0.5, 0.6) is 0 Å². The molecule has 1 aliphatic rings. The fraction of sp³-hybridized carbons (Fsp3) is 0.778. The molecule has 0 saturated heterocycles. The SMILES string of the molecule is COC(=O)C1(Cc2nn[nH]n2)CCCC1. The van der Waals surface area contributed by atoms with Crippen LogP contribution in [-0.2, 0) is 16.0 Å². The van der Waals surface area contributed by atoms with Gasteiger partial charge in [0.05, 0.1) is 12.5 Å². The first-order valence-electron chi connectivity index (χ1n) is 5.08. The standard InChI is InChI=1S/C9H14N4O2/c1-15-8(14)9(4-2-3-5-9)6-7-10-12-13-11-7/h2-6H2,1H3,(H,10,11,12,13). The van der Waals surface area contributed by atoms with E-state index in [2.05, 4.69) is 20.6 Å².